The van der Waals surface area contributed by atoms with Gasteiger partial charge in [-0.2, -0.15) is 0 Å². The summed E-state index contributed by atoms with van der Waals surface area (Å²) < 4.78 is 0. The number of carbonyl (C=O) groups excluding carboxylic acids is 2. The molecule has 0 aliphatic rings. The molecule has 172 valence electrons. The van der Waals surface area contributed by atoms with Crippen molar-refractivity contribution >= 4 is 11.6 Å². The number of Topliss-reactive ketones (excluding diaryl/α,β-unsaturated/α-hetero) is 2. The van der Waals surface area contributed by atoms with Gasteiger partial charge in [-0.15, -0.1) is 0 Å². The van der Waals surface area contributed by atoms with Crippen LogP contribution in [0.1, 0.15) is 77.3 Å². The molecule has 0 unspecified atom stereocenters. The molecule has 0 aliphatic heterocycles. The van der Waals surface area contributed by atoms with E-state index < -0.39 is 0 Å². The molecule has 4 rings (SSSR count). The fourth-order valence-corrected chi connectivity index (χ4v) is 4.95. The summed E-state index contributed by atoms with van der Waals surface area (Å²) >= 11 is 0. The van der Waals surface area contributed by atoms with Crippen LogP contribution in [0, 0.1) is 0 Å². The molecular weight excluding hydrogens is 412 g/mol. The number of ketones is 2. The Morgan fingerprint density at radius 3 is 1.33 bits per heavy atom. The fraction of sp³-hybridized carbons (Fsp3) is 0.333. The predicted molar refractivity (Wildman–Crippen MR) is 132 cm³/mol. The van der Waals surface area contributed by atoms with E-state index in [2.05, 4.69) is 47.6 Å². The maximum absolute atomic E-state index is 13.4. The predicted octanol–water partition coefficient (Wildman–Crippen LogP) is 6.04. The zero-order chi connectivity index (χ0) is 23.5. The number of H-pyrrole nitrogens is 4. The van der Waals surface area contributed by atoms with Crippen molar-refractivity contribution in [3.63, 3.8) is 0 Å². The number of nitrogens with one attached hydrogen (secondary N) is 4. The minimum Gasteiger partial charge on any atom is -0.360 e. The summed E-state index contributed by atoms with van der Waals surface area (Å²) in [4.78, 5) is 39.9. The largest absolute Gasteiger partial charge is 0.360 e. The van der Waals surface area contributed by atoms with E-state index in [-0.39, 0.29) is 18.0 Å². The van der Waals surface area contributed by atoms with Gasteiger partial charge in [-0.1, -0.05) is 27.7 Å². The van der Waals surface area contributed by atoms with Crippen LogP contribution in [0.4, 0.5) is 0 Å². The Bertz CT molecular complexity index is 1160. The van der Waals surface area contributed by atoms with Crippen molar-refractivity contribution in [3.8, 4) is 22.8 Å². The fourth-order valence-electron chi connectivity index (χ4n) is 4.95. The SMILES string of the molecule is CCc1c(C(=O)CC(=O)c2[nH]c(-c3ccc[nH]3)c(CC)c2CC)[nH]c(-c2ccc[nH]2)c1CC. The lowest BCUT2D eigenvalue weighted by Crippen LogP contribution is -2.12. The van der Waals surface area contributed by atoms with Gasteiger partial charge < -0.3 is 19.9 Å². The molecule has 0 spiro atoms. The molecule has 33 heavy (non-hydrogen) atoms. The minimum absolute atomic E-state index is 0.165. The Hall–Kier alpha value is -3.54. The van der Waals surface area contributed by atoms with Gasteiger partial charge in [0.1, 0.15) is 0 Å². The third-order valence-electron chi connectivity index (χ3n) is 6.46. The second-order valence-corrected chi connectivity index (χ2v) is 8.27. The van der Waals surface area contributed by atoms with E-state index in [1.54, 1.807) is 0 Å². The van der Waals surface area contributed by atoms with Crippen LogP contribution >= 0.6 is 0 Å². The number of hydrogen-bond acceptors (Lipinski definition) is 2. The number of rotatable bonds is 10. The maximum atomic E-state index is 13.4. The summed E-state index contributed by atoms with van der Waals surface area (Å²) in [6.45, 7) is 8.29. The van der Waals surface area contributed by atoms with Gasteiger partial charge in [-0.3, -0.25) is 9.59 Å². The Kier molecular flexibility index (Phi) is 6.54. The van der Waals surface area contributed by atoms with Gasteiger partial charge in [0, 0.05) is 12.4 Å². The summed E-state index contributed by atoms with van der Waals surface area (Å²) in [6.07, 6.45) is 6.66. The molecule has 6 nitrogen and oxygen atoms in total. The smallest absolute Gasteiger partial charge is 0.187 e. The zero-order valence-electron chi connectivity index (χ0n) is 19.8. The van der Waals surface area contributed by atoms with E-state index in [1.807, 2.05) is 36.7 Å². The standard InChI is InChI=1S/C27H32N4O2/c1-5-16-18(7-3)26(30-24(16)20-11-9-13-28-20)22(32)15-23(33)27-19(8-4)17(6-2)25(31-27)21-12-10-14-29-21/h9-14,28-31H,5-8,15H2,1-4H3. The Morgan fingerprint density at radius 1 is 0.636 bits per heavy atom. The van der Waals surface area contributed by atoms with Crippen molar-refractivity contribution in [3.05, 3.63) is 70.3 Å². The number of carbonyl (C=O) groups is 2. The highest BCUT2D eigenvalue weighted by molar-refractivity contribution is 6.14. The highest BCUT2D eigenvalue weighted by Gasteiger charge is 2.26. The third-order valence-corrected chi connectivity index (χ3v) is 6.46. The molecule has 6 heteroatoms. The van der Waals surface area contributed by atoms with Crippen LogP contribution in [0.15, 0.2) is 36.7 Å². The highest BCUT2D eigenvalue weighted by Crippen LogP contribution is 2.31. The second-order valence-electron chi connectivity index (χ2n) is 8.27. The van der Waals surface area contributed by atoms with Gasteiger partial charge in [-0.25, -0.2) is 0 Å². The first-order valence-corrected chi connectivity index (χ1v) is 11.8. The Labute approximate surface area is 194 Å². The quantitative estimate of drug-likeness (QED) is 0.177. The summed E-state index contributed by atoms with van der Waals surface area (Å²) in [5, 5.41) is 0. The van der Waals surface area contributed by atoms with E-state index in [0.717, 1.165) is 70.7 Å². The van der Waals surface area contributed by atoms with E-state index in [9.17, 15) is 9.59 Å². The molecule has 0 saturated carbocycles. The van der Waals surface area contributed by atoms with Crippen molar-refractivity contribution in [2.24, 2.45) is 0 Å². The van der Waals surface area contributed by atoms with Crippen LogP contribution in [-0.2, 0) is 25.7 Å². The van der Waals surface area contributed by atoms with Gasteiger partial charge in [0.15, 0.2) is 11.6 Å². The topological polar surface area (TPSA) is 97.3 Å². The van der Waals surface area contributed by atoms with Crippen molar-refractivity contribution in [1.29, 1.82) is 0 Å². The van der Waals surface area contributed by atoms with E-state index in [4.69, 9.17) is 0 Å². The molecule has 4 N–H and O–H groups in total. The number of hydrogen-bond donors (Lipinski definition) is 4. The van der Waals surface area contributed by atoms with Gasteiger partial charge in [0.2, 0.25) is 0 Å². The highest BCUT2D eigenvalue weighted by atomic mass is 16.1. The zero-order valence-corrected chi connectivity index (χ0v) is 19.8. The molecule has 0 bridgehead atoms. The molecule has 0 radical (unpaired) electrons. The van der Waals surface area contributed by atoms with Crippen LogP contribution in [0.2, 0.25) is 0 Å². The van der Waals surface area contributed by atoms with Crippen LogP contribution < -0.4 is 0 Å². The maximum Gasteiger partial charge on any atom is 0.187 e. The first kappa shape index (κ1) is 22.6. The number of aromatic nitrogens is 4. The lowest BCUT2D eigenvalue weighted by atomic mass is 9.97. The summed E-state index contributed by atoms with van der Waals surface area (Å²) in [6, 6.07) is 7.86. The van der Waals surface area contributed by atoms with E-state index in [1.165, 1.54) is 0 Å². The molecule has 0 atom stereocenters. The average molecular weight is 445 g/mol. The first-order chi connectivity index (χ1) is 16.0. The molecule has 0 amide bonds. The summed E-state index contributed by atoms with van der Waals surface area (Å²) in [5.74, 6) is -0.332. The average Bonchev–Trinajstić information content (AvgIpc) is 3.61. The van der Waals surface area contributed by atoms with Gasteiger partial charge >= 0.3 is 0 Å². The van der Waals surface area contributed by atoms with Crippen LogP contribution in [0.5, 0.6) is 0 Å². The molecule has 0 fully saturated rings. The molecule has 0 saturated heterocycles. The van der Waals surface area contributed by atoms with Crippen molar-refractivity contribution in [2.45, 2.75) is 59.8 Å². The molecule has 4 aromatic rings. The van der Waals surface area contributed by atoms with E-state index >= 15 is 0 Å². The summed E-state index contributed by atoms with van der Waals surface area (Å²) in [7, 11) is 0. The van der Waals surface area contributed by atoms with E-state index in [0.29, 0.717) is 11.4 Å². The van der Waals surface area contributed by atoms with Crippen LogP contribution in [-0.4, -0.2) is 31.5 Å². The lowest BCUT2D eigenvalue weighted by molar-refractivity contribution is 0.0888. The first-order valence-electron chi connectivity index (χ1n) is 11.8. The molecule has 4 aromatic heterocycles. The molecule has 0 aliphatic carbocycles. The molecule has 0 aromatic carbocycles. The Balaban J connectivity index is 1.68. The second kappa shape index (κ2) is 9.53. The molecular formula is C27H32N4O2. The van der Waals surface area contributed by atoms with Gasteiger partial charge in [-0.05, 0) is 72.2 Å². The lowest BCUT2D eigenvalue weighted by Gasteiger charge is -2.05. The van der Waals surface area contributed by atoms with Crippen molar-refractivity contribution in [1.82, 2.24) is 19.9 Å². The number of aromatic amines is 4. The summed E-state index contributed by atoms with van der Waals surface area (Å²) in [5.41, 5.74) is 9.15. The van der Waals surface area contributed by atoms with Crippen molar-refractivity contribution < 1.29 is 9.59 Å². The third kappa shape index (κ3) is 4.01. The van der Waals surface area contributed by atoms with Crippen LogP contribution in [0.25, 0.3) is 22.8 Å². The van der Waals surface area contributed by atoms with Crippen LogP contribution in [0.3, 0.4) is 0 Å². The normalized spacial score (nSPS) is 11.3. The van der Waals surface area contributed by atoms with Crippen molar-refractivity contribution in [2.75, 3.05) is 0 Å². The molecule has 4 heterocycles. The van der Waals surface area contributed by atoms with Gasteiger partial charge in [0.05, 0.1) is 40.6 Å². The monoisotopic (exact) mass is 444 g/mol. The Morgan fingerprint density at radius 2 is 1.03 bits per heavy atom. The van der Waals surface area contributed by atoms with Gasteiger partial charge in [0.25, 0.3) is 0 Å². The minimum atomic E-state index is -0.166.